The van der Waals surface area contributed by atoms with Gasteiger partial charge in [0.25, 0.3) is 5.91 Å². The standard InChI is InChI=1S/C20H20FNO6S/c1-26-15-8-12(9-16(27-2)17(15)28-3)18(23)22-14(20(24)25)10-29-19(22)11-4-6-13(21)7-5-11/h4-9,14,19H,10H2,1-3H3,(H,24,25). The molecular weight excluding hydrogens is 401 g/mol. The number of carbonyl (C=O) groups is 2. The van der Waals surface area contributed by atoms with Crippen LogP contribution in [0.5, 0.6) is 17.2 Å². The molecule has 0 saturated carbocycles. The summed E-state index contributed by atoms with van der Waals surface area (Å²) in [4.78, 5) is 26.5. The van der Waals surface area contributed by atoms with Crippen molar-refractivity contribution in [3.05, 3.63) is 53.3 Å². The van der Waals surface area contributed by atoms with Crippen molar-refractivity contribution in [3.63, 3.8) is 0 Å². The molecule has 9 heteroatoms. The number of hydrogen-bond acceptors (Lipinski definition) is 6. The first-order valence-corrected chi connectivity index (χ1v) is 9.68. The van der Waals surface area contributed by atoms with Crippen LogP contribution in [0.3, 0.4) is 0 Å². The van der Waals surface area contributed by atoms with Crippen molar-refractivity contribution in [2.24, 2.45) is 0 Å². The second kappa shape index (κ2) is 8.60. The molecule has 1 amide bonds. The summed E-state index contributed by atoms with van der Waals surface area (Å²) >= 11 is 1.31. The number of amides is 1. The Morgan fingerprint density at radius 2 is 1.66 bits per heavy atom. The lowest BCUT2D eigenvalue weighted by Crippen LogP contribution is -2.43. The van der Waals surface area contributed by atoms with Crippen LogP contribution in [-0.4, -0.2) is 55.0 Å². The van der Waals surface area contributed by atoms with E-state index >= 15 is 0 Å². The van der Waals surface area contributed by atoms with Crippen LogP contribution in [0, 0.1) is 5.82 Å². The van der Waals surface area contributed by atoms with Gasteiger partial charge in [-0.25, -0.2) is 9.18 Å². The summed E-state index contributed by atoms with van der Waals surface area (Å²) in [5, 5.41) is 9.07. The Morgan fingerprint density at radius 3 is 2.14 bits per heavy atom. The molecule has 2 unspecified atom stereocenters. The summed E-state index contributed by atoms with van der Waals surface area (Å²) < 4.78 is 29.2. The van der Waals surface area contributed by atoms with E-state index in [1.165, 1.54) is 62.3 Å². The predicted octanol–water partition coefficient (Wildman–Crippen LogP) is 3.19. The molecule has 1 fully saturated rings. The maximum absolute atomic E-state index is 13.4. The number of benzene rings is 2. The van der Waals surface area contributed by atoms with Crippen molar-refractivity contribution >= 4 is 23.6 Å². The lowest BCUT2D eigenvalue weighted by Gasteiger charge is -2.28. The van der Waals surface area contributed by atoms with Gasteiger partial charge >= 0.3 is 5.97 Å². The molecule has 1 aliphatic heterocycles. The molecular formula is C20H20FNO6S. The van der Waals surface area contributed by atoms with Gasteiger partial charge in [0.05, 0.1) is 21.3 Å². The summed E-state index contributed by atoms with van der Waals surface area (Å²) in [6.45, 7) is 0. The molecule has 0 aromatic heterocycles. The van der Waals surface area contributed by atoms with Crippen molar-refractivity contribution in [1.82, 2.24) is 4.90 Å². The van der Waals surface area contributed by atoms with E-state index in [4.69, 9.17) is 14.2 Å². The van der Waals surface area contributed by atoms with Crippen molar-refractivity contribution in [1.29, 1.82) is 0 Å². The van der Waals surface area contributed by atoms with Crippen LogP contribution in [0.15, 0.2) is 36.4 Å². The third-order valence-electron chi connectivity index (χ3n) is 4.59. The lowest BCUT2D eigenvalue weighted by atomic mass is 10.1. The summed E-state index contributed by atoms with van der Waals surface area (Å²) in [5.41, 5.74) is 0.835. The number of methoxy groups -OCH3 is 3. The summed E-state index contributed by atoms with van der Waals surface area (Å²) in [6.07, 6.45) is 0. The summed E-state index contributed by atoms with van der Waals surface area (Å²) in [7, 11) is 4.31. The van der Waals surface area contributed by atoms with Crippen molar-refractivity contribution in [2.75, 3.05) is 27.1 Å². The minimum atomic E-state index is -1.11. The number of hydrogen-bond donors (Lipinski definition) is 1. The molecule has 2 atom stereocenters. The molecule has 1 N–H and O–H groups in total. The fourth-order valence-corrected chi connectivity index (χ4v) is 4.60. The zero-order chi connectivity index (χ0) is 21.1. The maximum atomic E-state index is 13.4. The highest BCUT2D eigenvalue weighted by Gasteiger charge is 2.43. The van der Waals surface area contributed by atoms with Crippen molar-refractivity contribution in [3.8, 4) is 17.2 Å². The second-order valence-electron chi connectivity index (χ2n) is 6.22. The fourth-order valence-electron chi connectivity index (χ4n) is 3.18. The van der Waals surface area contributed by atoms with Crippen molar-refractivity contribution < 1.29 is 33.3 Å². The highest BCUT2D eigenvalue weighted by molar-refractivity contribution is 7.99. The van der Waals surface area contributed by atoms with Gasteiger partial charge < -0.3 is 24.2 Å². The molecule has 0 bridgehead atoms. The van der Waals surface area contributed by atoms with E-state index in [0.717, 1.165) is 0 Å². The number of halogens is 1. The van der Waals surface area contributed by atoms with Crippen LogP contribution < -0.4 is 14.2 Å². The summed E-state index contributed by atoms with van der Waals surface area (Å²) in [5.74, 6) is -0.910. The molecule has 7 nitrogen and oxygen atoms in total. The van der Waals surface area contributed by atoms with Crippen LogP contribution in [0.4, 0.5) is 4.39 Å². The van der Waals surface area contributed by atoms with E-state index < -0.39 is 29.1 Å². The predicted molar refractivity (Wildman–Crippen MR) is 105 cm³/mol. The van der Waals surface area contributed by atoms with Gasteiger partial charge in [-0.15, -0.1) is 11.8 Å². The van der Waals surface area contributed by atoms with Gasteiger partial charge in [0, 0.05) is 11.3 Å². The van der Waals surface area contributed by atoms with E-state index in [1.54, 1.807) is 12.1 Å². The molecule has 2 aromatic carbocycles. The normalized spacial score (nSPS) is 18.4. The Kier molecular flexibility index (Phi) is 6.17. The number of ether oxygens (including phenoxy) is 3. The first kappa shape index (κ1) is 20.8. The number of aliphatic carboxylic acids is 1. The molecule has 1 heterocycles. The first-order valence-electron chi connectivity index (χ1n) is 8.63. The average Bonchev–Trinajstić information content (AvgIpc) is 3.17. The molecule has 0 aliphatic carbocycles. The number of nitrogens with zero attached hydrogens (tertiary/aromatic N) is 1. The third-order valence-corrected chi connectivity index (χ3v) is 5.91. The highest BCUT2D eigenvalue weighted by atomic mass is 32.2. The maximum Gasteiger partial charge on any atom is 0.327 e. The molecule has 0 spiro atoms. The lowest BCUT2D eigenvalue weighted by molar-refractivity contribution is -0.141. The number of rotatable bonds is 6. The largest absolute Gasteiger partial charge is 0.493 e. The number of carboxylic acids is 1. The summed E-state index contributed by atoms with van der Waals surface area (Å²) in [6, 6.07) is 7.60. The second-order valence-corrected chi connectivity index (χ2v) is 7.33. The molecule has 154 valence electrons. The van der Waals surface area contributed by atoms with Gasteiger partial charge in [-0.05, 0) is 29.8 Å². The Hall–Kier alpha value is -2.94. The monoisotopic (exact) mass is 421 g/mol. The Balaban J connectivity index is 2.05. The first-order chi connectivity index (χ1) is 13.9. The Morgan fingerprint density at radius 1 is 1.07 bits per heavy atom. The van der Waals surface area contributed by atoms with E-state index in [9.17, 15) is 19.1 Å². The van der Waals surface area contributed by atoms with Crippen LogP contribution in [0.25, 0.3) is 0 Å². The average molecular weight is 421 g/mol. The molecule has 0 radical (unpaired) electrons. The van der Waals surface area contributed by atoms with E-state index in [-0.39, 0.29) is 22.8 Å². The zero-order valence-corrected chi connectivity index (χ0v) is 16.9. The van der Waals surface area contributed by atoms with Gasteiger partial charge in [0.1, 0.15) is 17.2 Å². The van der Waals surface area contributed by atoms with Crippen molar-refractivity contribution in [2.45, 2.75) is 11.4 Å². The van der Waals surface area contributed by atoms with E-state index in [2.05, 4.69) is 0 Å². The SMILES string of the molecule is COc1cc(C(=O)N2C(C(=O)O)CSC2c2ccc(F)cc2)cc(OC)c1OC. The number of carboxylic acid groups (broad SMARTS) is 1. The number of carbonyl (C=O) groups excluding carboxylic acids is 1. The van der Waals surface area contributed by atoms with Gasteiger partial charge in [0.15, 0.2) is 11.5 Å². The van der Waals surface area contributed by atoms with Crippen LogP contribution >= 0.6 is 11.8 Å². The highest BCUT2D eigenvalue weighted by Crippen LogP contribution is 2.44. The topological polar surface area (TPSA) is 85.3 Å². The third kappa shape index (κ3) is 3.95. The Labute approximate surface area is 171 Å². The van der Waals surface area contributed by atoms with Gasteiger partial charge in [-0.3, -0.25) is 4.79 Å². The van der Waals surface area contributed by atoms with Crippen LogP contribution in [0.2, 0.25) is 0 Å². The number of thioether (sulfide) groups is 1. The quantitative estimate of drug-likeness (QED) is 0.767. The molecule has 3 rings (SSSR count). The minimum absolute atomic E-state index is 0.195. The van der Waals surface area contributed by atoms with Gasteiger partial charge in [-0.2, -0.15) is 0 Å². The molecule has 2 aromatic rings. The van der Waals surface area contributed by atoms with Crippen LogP contribution in [-0.2, 0) is 4.79 Å². The smallest absolute Gasteiger partial charge is 0.327 e. The molecule has 1 saturated heterocycles. The molecule has 29 heavy (non-hydrogen) atoms. The minimum Gasteiger partial charge on any atom is -0.493 e. The van der Waals surface area contributed by atoms with E-state index in [0.29, 0.717) is 11.3 Å². The Bertz CT molecular complexity index is 895. The zero-order valence-electron chi connectivity index (χ0n) is 16.0. The van der Waals surface area contributed by atoms with Crippen LogP contribution in [0.1, 0.15) is 21.3 Å². The van der Waals surface area contributed by atoms with E-state index in [1.807, 2.05) is 0 Å². The fraction of sp³-hybridized carbons (Fsp3) is 0.300. The van der Waals surface area contributed by atoms with Gasteiger partial charge in [-0.1, -0.05) is 12.1 Å². The molecule has 1 aliphatic rings. The van der Waals surface area contributed by atoms with Gasteiger partial charge in [0.2, 0.25) is 5.75 Å².